The van der Waals surface area contributed by atoms with Gasteiger partial charge in [0.15, 0.2) is 0 Å². The molecule has 1 nitrogen and oxygen atoms in total. The van der Waals surface area contributed by atoms with E-state index < -0.39 is 0 Å². The Morgan fingerprint density at radius 1 is 1.86 bits per heavy atom. The van der Waals surface area contributed by atoms with Crippen LogP contribution in [0.3, 0.4) is 0 Å². The molecule has 1 atom stereocenters. The van der Waals surface area contributed by atoms with E-state index in [0.717, 1.165) is 0 Å². The zero-order chi connectivity index (χ0) is 5.70. The third-order valence-electron chi connectivity index (χ3n) is 0.397. The first-order valence-electron chi connectivity index (χ1n) is 2.05. The van der Waals surface area contributed by atoms with Crippen LogP contribution >= 0.6 is 11.6 Å². The average molecular weight is 118 g/mol. The molecule has 0 aliphatic carbocycles. The molecule has 0 spiro atoms. The van der Waals surface area contributed by atoms with Crippen molar-refractivity contribution in [3.8, 4) is 0 Å². The van der Waals surface area contributed by atoms with Gasteiger partial charge in [-0.15, -0.1) is 11.6 Å². The third-order valence-corrected chi connectivity index (χ3v) is 0.510. The van der Waals surface area contributed by atoms with E-state index in [4.69, 9.17) is 11.6 Å². The molecule has 0 amide bonds. The summed E-state index contributed by atoms with van der Waals surface area (Å²) in [4.78, 5) is 3.68. The van der Waals surface area contributed by atoms with Crippen molar-refractivity contribution in [1.29, 1.82) is 0 Å². The summed E-state index contributed by atoms with van der Waals surface area (Å²) in [7, 11) is 0. The standard InChI is InChI=1S/C5H8ClN/c1-3-7-4-5(2)6/h3-5H,1H2,2H3/b7-4-. The second kappa shape index (κ2) is 3.88. The summed E-state index contributed by atoms with van der Waals surface area (Å²) in [5.74, 6) is 0. The molecule has 0 aliphatic heterocycles. The van der Waals surface area contributed by atoms with E-state index in [9.17, 15) is 0 Å². The predicted molar refractivity (Wildman–Crippen MR) is 34.0 cm³/mol. The van der Waals surface area contributed by atoms with Crippen LogP contribution in [-0.2, 0) is 0 Å². The Kier molecular flexibility index (Phi) is 3.71. The Morgan fingerprint density at radius 3 is 2.57 bits per heavy atom. The van der Waals surface area contributed by atoms with E-state index in [1.54, 1.807) is 6.21 Å². The fraction of sp³-hybridized carbons (Fsp3) is 0.400. The fourth-order valence-electron chi connectivity index (χ4n) is 0.179. The molecule has 0 rings (SSSR count). The van der Waals surface area contributed by atoms with Gasteiger partial charge in [0.1, 0.15) is 0 Å². The first-order chi connectivity index (χ1) is 3.27. The van der Waals surface area contributed by atoms with Crippen molar-refractivity contribution in [3.05, 3.63) is 12.8 Å². The molecule has 0 aromatic rings. The minimum Gasteiger partial charge on any atom is -0.268 e. The molecule has 0 aromatic heterocycles. The first kappa shape index (κ1) is 6.70. The van der Waals surface area contributed by atoms with Crippen molar-refractivity contribution in [2.45, 2.75) is 12.3 Å². The molecule has 40 valence electrons. The van der Waals surface area contributed by atoms with Crippen LogP contribution < -0.4 is 0 Å². The van der Waals surface area contributed by atoms with Crippen LogP contribution in [0.1, 0.15) is 6.92 Å². The van der Waals surface area contributed by atoms with Crippen LogP contribution in [0.2, 0.25) is 0 Å². The summed E-state index contributed by atoms with van der Waals surface area (Å²) in [5.41, 5.74) is 0. The topological polar surface area (TPSA) is 12.4 Å². The highest BCUT2D eigenvalue weighted by Crippen LogP contribution is 1.86. The van der Waals surface area contributed by atoms with Crippen molar-refractivity contribution < 1.29 is 0 Å². The first-order valence-corrected chi connectivity index (χ1v) is 2.49. The third kappa shape index (κ3) is 5.70. The van der Waals surface area contributed by atoms with Gasteiger partial charge in [0.25, 0.3) is 0 Å². The molecule has 0 bridgehead atoms. The van der Waals surface area contributed by atoms with Crippen molar-refractivity contribution >= 4 is 17.8 Å². The number of aliphatic imine (C=N–C) groups is 1. The average Bonchev–Trinajstić information content (AvgIpc) is 1.61. The Balaban J connectivity index is 3.25. The van der Waals surface area contributed by atoms with Crippen molar-refractivity contribution in [2.75, 3.05) is 0 Å². The largest absolute Gasteiger partial charge is 0.268 e. The van der Waals surface area contributed by atoms with Crippen LogP contribution in [0, 0.1) is 0 Å². The van der Waals surface area contributed by atoms with Gasteiger partial charge in [-0.1, -0.05) is 6.58 Å². The van der Waals surface area contributed by atoms with Gasteiger partial charge < -0.3 is 0 Å². The lowest BCUT2D eigenvalue weighted by Gasteiger charge is -1.83. The molecular weight excluding hydrogens is 110 g/mol. The minimum absolute atomic E-state index is 0.0120. The van der Waals surface area contributed by atoms with Crippen molar-refractivity contribution in [2.24, 2.45) is 4.99 Å². The normalized spacial score (nSPS) is 14.6. The van der Waals surface area contributed by atoms with Crippen LogP contribution in [0.5, 0.6) is 0 Å². The Labute approximate surface area is 48.7 Å². The number of hydrogen-bond donors (Lipinski definition) is 0. The molecule has 0 radical (unpaired) electrons. The van der Waals surface area contributed by atoms with E-state index in [1.807, 2.05) is 6.92 Å². The lowest BCUT2D eigenvalue weighted by molar-refractivity contribution is 1.32. The van der Waals surface area contributed by atoms with Crippen LogP contribution in [-0.4, -0.2) is 11.6 Å². The highest BCUT2D eigenvalue weighted by Gasteiger charge is 1.82. The molecular formula is C5H8ClN. The quantitative estimate of drug-likeness (QED) is 0.387. The maximum absolute atomic E-state index is 5.46. The molecule has 0 aliphatic rings. The number of nitrogens with zero attached hydrogens (tertiary/aromatic N) is 1. The second-order valence-corrected chi connectivity index (χ2v) is 1.85. The molecule has 0 N–H and O–H groups in total. The van der Waals surface area contributed by atoms with Gasteiger partial charge in [-0.25, -0.2) is 0 Å². The molecule has 7 heavy (non-hydrogen) atoms. The molecule has 0 aromatic carbocycles. The summed E-state index contributed by atoms with van der Waals surface area (Å²) >= 11 is 5.46. The monoisotopic (exact) mass is 117 g/mol. The number of halogens is 1. The van der Waals surface area contributed by atoms with E-state index in [-0.39, 0.29) is 5.38 Å². The fourth-order valence-corrected chi connectivity index (χ4v) is 0.245. The second-order valence-electron chi connectivity index (χ2n) is 1.16. The predicted octanol–water partition coefficient (Wildman–Crippen LogP) is 1.83. The van der Waals surface area contributed by atoms with Gasteiger partial charge in [-0.05, 0) is 6.92 Å². The number of hydrogen-bond acceptors (Lipinski definition) is 1. The van der Waals surface area contributed by atoms with Crippen molar-refractivity contribution in [3.63, 3.8) is 0 Å². The van der Waals surface area contributed by atoms with Gasteiger partial charge >= 0.3 is 0 Å². The molecule has 0 heterocycles. The van der Waals surface area contributed by atoms with Gasteiger partial charge in [0, 0.05) is 12.4 Å². The molecule has 0 saturated carbocycles. The summed E-state index contributed by atoms with van der Waals surface area (Å²) in [6.07, 6.45) is 3.08. The van der Waals surface area contributed by atoms with Gasteiger partial charge in [0.2, 0.25) is 0 Å². The maximum atomic E-state index is 5.46. The van der Waals surface area contributed by atoms with E-state index in [1.165, 1.54) is 6.20 Å². The summed E-state index contributed by atoms with van der Waals surface area (Å²) in [6, 6.07) is 0. The van der Waals surface area contributed by atoms with Crippen LogP contribution in [0.15, 0.2) is 17.8 Å². The smallest absolute Gasteiger partial charge is 0.0660 e. The zero-order valence-corrected chi connectivity index (χ0v) is 5.02. The molecule has 0 saturated heterocycles. The van der Waals surface area contributed by atoms with Crippen LogP contribution in [0.25, 0.3) is 0 Å². The summed E-state index contributed by atoms with van der Waals surface area (Å²) in [6.45, 7) is 5.22. The van der Waals surface area contributed by atoms with Crippen molar-refractivity contribution in [1.82, 2.24) is 0 Å². The Hall–Kier alpha value is -0.300. The number of rotatable bonds is 2. The highest BCUT2D eigenvalue weighted by atomic mass is 35.5. The molecule has 1 unspecified atom stereocenters. The lowest BCUT2D eigenvalue weighted by Crippen LogP contribution is -1.88. The summed E-state index contributed by atoms with van der Waals surface area (Å²) in [5, 5.41) is 0.0120. The van der Waals surface area contributed by atoms with Gasteiger partial charge in [0.05, 0.1) is 5.38 Å². The lowest BCUT2D eigenvalue weighted by atomic mass is 10.5. The Bertz CT molecular complexity index is 76.1. The molecule has 0 fully saturated rings. The Morgan fingerprint density at radius 2 is 2.43 bits per heavy atom. The number of alkyl halides is 1. The van der Waals surface area contributed by atoms with Gasteiger partial charge in [-0.3, -0.25) is 4.99 Å². The van der Waals surface area contributed by atoms with Gasteiger partial charge in [-0.2, -0.15) is 0 Å². The van der Waals surface area contributed by atoms with Crippen LogP contribution in [0.4, 0.5) is 0 Å². The minimum atomic E-state index is 0.0120. The highest BCUT2D eigenvalue weighted by molar-refractivity contribution is 6.27. The zero-order valence-electron chi connectivity index (χ0n) is 4.26. The summed E-state index contributed by atoms with van der Waals surface area (Å²) < 4.78 is 0. The maximum Gasteiger partial charge on any atom is 0.0660 e. The molecule has 2 heteroatoms. The SMILES string of the molecule is C=C/N=C\C(C)Cl. The van der Waals surface area contributed by atoms with E-state index in [0.29, 0.717) is 0 Å². The van der Waals surface area contributed by atoms with E-state index in [2.05, 4.69) is 11.6 Å². The van der Waals surface area contributed by atoms with E-state index >= 15 is 0 Å².